The minimum absolute atomic E-state index is 0.0536. The molecule has 7 nitrogen and oxygen atoms in total. The molecule has 0 amide bonds. The molecular weight excluding hydrogens is 372 g/mol. The molecule has 27 heavy (non-hydrogen) atoms. The lowest BCUT2D eigenvalue weighted by Gasteiger charge is -2.10. The number of halogens is 1. The van der Waals surface area contributed by atoms with Crippen molar-refractivity contribution in [1.29, 1.82) is 0 Å². The van der Waals surface area contributed by atoms with Crippen molar-refractivity contribution >= 4 is 17.6 Å². The molecule has 3 aromatic rings. The van der Waals surface area contributed by atoms with Gasteiger partial charge in [0, 0.05) is 17.5 Å². The highest BCUT2D eigenvalue weighted by Crippen LogP contribution is 2.24. The van der Waals surface area contributed by atoms with E-state index >= 15 is 0 Å². The number of ether oxygens (including phenoxy) is 3. The minimum Gasteiger partial charge on any atom is -0.496 e. The van der Waals surface area contributed by atoms with Gasteiger partial charge in [-0.15, -0.1) is 0 Å². The summed E-state index contributed by atoms with van der Waals surface area (Å²) >= 11 is 5.97. The molecule has 0 N–H and O–H groups in total. The normalized spacial score (nSPS) is 10.5. The van der Waals surface area contributed by atoms with Gasteiger partial charge in [-0.05, 0) is 42.5 Å². The second-order valence-corrected chi connectivity index (χ2v) is 6.01. The van der Waals surface area contributed by atoms with Gasteiger partial charge in [0.25, 0.3) is 0 Å². The lowest BCUT2D eigenvalue weighted by molar-refractivity contribution is 0.0470. The molecule has 0 spiro atoms. The van der Waals surface area contributed by atoms with Gasteiger partial charge < -0.3 is 18.7 Å². The average molecular weight is 389 g/mol. The molecule has 0 aliphatic rings. The molecule has 0 saturated carbocycles. The van der Waals surface area contributed by atoms with Gasteiger partial charge in [0.05, 0.1) is 12.7 Å². The molecule has 3 rings (SSSR count). The fourth-order valence-electron chi connectivity index (χ4n) is 2.32. The average Bonchev–Trinajstić information content (AvgIpc) is 3.10. The summed E-state index contributed by atoms with van der Waals surface area (Å²) in [6.07, 6.45) is 0. The Kier molecular flexibility index (Phi) is 5.93. The van der Waals surface area contributed by atoms with Crippen LogP contribution in [-0.4, -0.2) is 23.2 Å². The van der Waals surface area contributed by atoms with Gasteiger partial charge in [-0.2, -0.15) is 4.98 Å². The summed E-state index contributed by atoms with van der Waals surface area (Å²) in [7, 11) is 1.54. The minimum atomic E-state index is -0.461. The molecule has 0 aliphatic carbocycles. The third-order valence-corrected chi connectivity index (χ3v) is 3.86. The van der Waals surface area contributed by atoms with E-state index in [0.29, 0.717) is 39.4 Å². The smallest absolute Gasteiger partial charge is 0.338 e. The fraction of sp³-hybridized carbons (Fsp3) is 0.211. The lowest BCUT2D eigenvalue weighted by Crippen LogP contribution is -2.06. The third-order valence-electron chi connectivity index (χ3n) is 3.63. The number of carbonyl (C=O) groups is 1. The number of nitrogens with zero attached hydrogens (tertiary/aromatic N) is 2. The van der Waals surface area contributed by atoms with Gasteiger partial charge in [0.15, 0.2) is 6.61 Å². The van der Waals surface area contributed by atoms with Gasteiger partial charge >= 0.3 is 5.97 Å². The van der Waals surface area contributed by atoms with Crippen LogP contribution in [0.3, 0.4) is 0 Å². The van der Waals surface area contributed by atoms with Crippen LogP contribution in [0.1, 0.15) is 27.6 Å². The topological polar surface area (TPSA) is 83.7 Å². The Bertz CT molecular complexity index is 924. The number of rotatable bonds is 7. The molecule has 0 bridgehead atoms. The second kappa shape index (κ2) is 8.55. The van der Waals surface area contributed by atoms with Crippen molar-refractivity contribution in [1.82, 2.24) is 10.1 Å². The molecule has 0 saturated heterocycles. The van der Waals surface area contributed by atoms with Crippen molar-refractivity contribution in [2.24, 2.45) is 0 Å². The molecule has 0 aliphatic heterocycles. The fourth-order valence-corrected chi connectivity index (χ4v) is 2.52. The Morgan fingerprint density at radius 1 is 1.15 bits per heavy atom. The molecule has 0 radical (unpaired) electrons. The molecule has 0 unspecified atom stereocenters. The third kappa shape index (κ3) is 4.98. The van der Waals surface area contributed by atoms with Gasteiger partial charge in [0.1, 0.15) is 18.1 Å². The number of methoxy groups -OCH3 is 1. The number of benzene rings is 2. The summed E-state index contributed by atoms with van der Waals surface area (Å²) in [4.78, 5) is 16.3. The van der Waals surface area contributed by atoms with E-state index in [1.165, 1.54) is 0 Å². The van der Waals surface area contributed by atoms with Crippen molar-refractivity contribution in [3.8, 4) is 11.5 Å². The largest absolute Gasteiger partial charge is 0.496 e. The number of carbonyl (C=O) groups excluding carboxylic acids is 1. The Hall–Kier alpha value is -3.06. The number of aryl methyl sites for hydroxylation is 1. The summed E-state index contributed by atoms with van der Waals surface area (Å²) in [5, 5.41) is 4.29. The van der Waals surface area contributed by atoms with Crippen molar-refractivity contribution in [2.75, 3.05) is 7.11 Å². The Balaban J connectivity index is 1.56. The van der Waals surface area contributed by atoms with Crippen LogP contribution >= 0.6 is 11.6 Å². The Morgan fingerprint density at radius 2 is 1.93 bits per heavy atom. The second-order valence-electron chi connectivity index (χ2n) is 5.57. The number of hydrogen-bond acceptors (Lipinski definition) is 7. The summed E-state index contributed by atoms with van der Waals surface area (Å²) in [6, 6.07) is 11.7. The molecule has 1 aromatic heterocycles. The quantitative estimate of drug-likeness (QED) is 0.566. The van der Waals surface area contributed by atoms with Crippen molar-refractivity contribution in [3.63, 3.8) is 0 Å². The van der Waals surface area contributed by atoms with Crippen LogP contribution in [0.4, 0.5) is 0 Å². The Labute approximate surface area is 160 Å². The summed E-state index contributed by atoms with van der Waals surface area (Å²) in [5.74, 6) is 1.64. The zero-order chi connectivity index (χ0) is 19.2. The maximum atomic E-state index is 12.2. The predicted octanol–water partition coefficient (Wildman–Crippen LogP) is 3.98. The number of esters is 1. The molecule has 2 aromatic carbocycles. The van der Waals surface area contributed by atoms with E-state index in [-0.39, 0.29) is 13.2 Å². The van der Waals surface area contributed by atoms with Crippen molar-refractivity contribution in [3.05, 3.63) is 70.3 Å². The maximum absolute atomic E-state index is 12.2. The molecule has 140 valence electrons. The SMILES string of the molecule is COc1ccc(Cl)cc1COC(=O)c1ccc(OCc2noc(C)n2)cc1. The molecule has 0 atom stereocenters. The van der Waals surface area contributed by atoms with E-state index in [9.17, 15) is 4.79 Å². The molecule has 0 fully saturated rings. The summed E-state index contributed by atoms with van der Waals surface area (Å²) in [5.41, 5.74) is 1.09. The highest BCUT2D eigenvalue weighted by atomic mass is 35.5. The van der Waals surface area contributed by atoms with Crippen LogP contribution < -0.4 is 9.47 Å². The van der Waals surface area contributed by atoms with E-state index in [0.717, 1.165) is 0 Å². The van der Waals surface area contributed by atoms with E-state index in [1.54, 1.807) is 56.5 Å². The zero-order valence-corrected chi connectivity index (χ0v) is 15.5. The Morgan fingerprint density at radius 3 is 2.59 bits per heavy atom. The standard InChI is InChI=1S/C19H17ClN2O5/c1-12-21-18(22-27-12)11-25-16-6-3-13(4-7-16)19(23)26-10-14-9-15(20)5-8-17(14)24-2/h3-9H,10-11H2,1-2H3. The van der Waals surface area contributed by atoms with Gasteiger partial charge in [0.2, 0.25) is 11.7 Å². The van der Waals surface area contributed by atoms with Gasteiger partial charge in [-0.1, -0.05) is 16.8 Å². The highest BCUT2D eigenvalue weighted by molar-refractivity contribution is 6.30. The monoisotopic (exact) mass is 388 g/mol. The number of hydrogen-bond donors (Lipinski definition) is 0. The van der Waals surface area contributed by atoms with Crippen LogP contribution in [0.15, 0.2) is 47.0 Å². The first-order chi connectivity index (χ1) is 13.0. The van der Waals surface area contributed by atoms with Crippen molar-refractivity contribution in [2.45, 2.75) is 20.1 Å². The van der Waals surface area contributed by atoms with Crippen LogP contribution in [0, 0.1) is 6.92 Å². The van der Waals surface area contributed by atoms with Crippen LogP contribution in [0.5, 0.6) is 11.5 Å². The molecule has 1 heterocycles. The first-order valence-corrected chi connectivity index (χ1v) is 8.44. The summed E-state index contributed by atoms with van der Waals surface area (Å²) < 4.78 is 21.0. The predicted molar refractivity (Wildman–Crippen MR) is 96.9 cm³/mol. The van der Waals surface area contributed by atoms with E-state index < -0.39 is 5.97 Å². The van der Waals surface area contributed by atoms with Crippen molar-refractivity contribution < 1.29 is 23.5 Å². The van der Waals surface area contributed by atoms with Crippen LogP contribution in [0.25, 0.3) is 0 Å². The first kappa shape index (κ1) is 18.7. The maximum Gasteiger partial charge on any atom is 0.338 e. The number of aromatic nitrogens is 2. The van der Waals surface area contributed by atoms with E-state index in [1.807, 2.05) is 0 Å². The van der Waals surface area contributed by atoms with E-state index in [2.05, 4.69) is 10.1 Å². The van der Waals surface area contributed by atoms with Gasteiger partial charge in [-0.25, -0.2) is 4.79 Å². The summed E-state index contributed by atoms with van der Waals surface area (Å²) in [6.45, 7) is 1.93. The lowest BCUT2D eigenvalue weighted by atomic mass is 10.2. The van der Waals surface area contributed by atoms with Gasteiger partial charge in [-0.3, -0.25) is 0 Å². The zero-order valence-electron chi connectivity index (χ0n) is 14.8. The molecule has 8 heteroatoms. The van der Waals surface area contributed by atoms with Crippen LogP contribution in [-0.2, 0) is 18.0 Å². The van der Waals surface area contributed by atoms with Crippen LogP contribution in [0.2, 0.25) is 5.02 Å². The highest BCUT2D eigenvalue weighted by Gasteiger charge is 2.11. The molecular formula is C19H17ClN2O5. The van der Waals surface area contributed by atoms with E-state index in [4.69, 9.17) is 30.3 Å². The first-order valence-electron chi connectivity index (χ1n) is 8.07.